The largest absolute Gasteiger partial charge is 0.489 e. The van der Waals surface area contributed by atoms with Crippen molar-refractivity contribution in [2.45, 2.75) is 27.4 Å². The van der Waals surface area contributed by atoms with Crippen LogP contribution in [0.25, 0.3) is 16.9 Å². The monoisotopic (exact) mass is 437 g/mol. The SMILES string of the molecule is CCOc1nc(-c2ccc(OCc3c(C)cccc3-n3nnn(C)c3=O)c(C)c2)cs1. The summed E-state index contributed by atoms with van der Waals surface area (Å²) in [6.07, 6.45) is 0. The van der Waals surface area contributed by atoms with Crippen LogP contribution in [0.15, 0.2) is 46.6 Å². The standard InChI is InChI=1S/C22H23N5O3S/c1-5-29-21-23-18(13-31-21)16-9-10-20(15(3)11-16)30-12-17-14(2)7-6-8-19(17)27-22(28)26(4)24-25-27/h6-11,13H,5,12H2,1-4H3. The van der Waals surface area contributed by atoms with E-state index in [1.165, 1.54) is 20.7 Å². The first-order valence-electron chi connectivity index (χ1n) is 9.88. The van der Waals surface area contributed by atoms with Gasteiger partial charge in [0.15, 0.2) is 0 Å². The Morgan fingerprint density at radius 3 is 2.61 bits per heavy atom. The Bertz CT molecular complexity index is 1270. The highest BCUT2D eigenvalue weighted by molar-refractivity contribution is 7.11. The van der Waals surface area contributed by atoms with Gasteiger partial charge in [-0.25, -0.2) is 9.78 Å². The first kappa shape index (κ1) is 20.8. The van der Waals surface area contributed by atoms with Crippen molar-refractivity contribution in [3.8, 4) is 27.9 Å². The van der Waals surface area contributed by atoms with Gasteiger partial charge in [-0.3, -0.25) is 0 Å². The summed E-state index contributed by atoms with van der Waals surface area (Å²) < 4.78 is 14.1. The molecule has 0 spiro atoms. The van der Waals surface area contributed by atoms with Gasteiger partial charge in [-0.15, -0.1) is 0 Å². The number of thiazole rings is 1. The lowest BCUT2D eigenvalue weighted by molar-refractivity contribution is 0.302. The lowest BCUT2D eigenvalue weighted by atomic mass is 10.1. The molecule has 0 N–H and O–H groups in total. The van der Waals surface area contributed by atoms with Gasteiger partial charge in [0, 0.05) is 23.6 Å². The van der Waals surface area contributed by atoms with Crippen molar-refractivity contribution in [1.29, 1.82) is 0 Å². The number of ether oxygens (including phenoxy) is 2. The van der Waals surface area contributed by atoms with E-state index in [4.69, 9.17) is 9.47 Å². The first-order chi connectivity index (χ1) is 15.0. The van der Waals surface area contributed by atoms with Crippen LogP contribution in [0, 0.1) is 13.8 Å². The van der Waals surface area contributed by atoms with E-state index in [1.54, 1.807) is 7.05 Å². The highest BCUT2D eigenvalue weighted by atomic mass is 32.1. The molecule has 0 bridgehead atoms. The minimum Gasteiger partial charge on any atom is -0.489 e. The summed E-state index contributed by atoms with van der Waals surface area (Å²) in [6.45, 7) is 6.83. The van der Waals surface area contributed by atoms with Crippen molar-refractivity contribution >= 4 is 11.3 Å². The van der Waals surface area contributed by atoms with Crippen molar-refractivity contribution in [1.82, 2.24) is 24.8 Å². The van der Waals surface area contributed by atoms with Crippen molar-refractivity contribution in [3.05, 3.63) is 69.0 Å². The Labute approximate surface area is 183 Å². The molecule has 0 radical (unpaired) electrons. The molecule has 0 aliphatic heterocycles. The van der Waals surface area contributed by atoms with Crippen molar-refractivity contribution in [2.75, 3.05) is 6.61 Å². The van der Waals surface area contributed by atoms with Crippen LogP contribution in [-0.2, 0) is 13.7 Å². The maximum absolute atomic E-state index is 12.3. The minimum atomic E-state index is -0.304. The van der Waals surface area contributed by atoms with E-state index < -0.39 is 0 Å². The highest BCUT2D eigenvalue weighted by Gasteiger charge is 2.14. The number of aryl methyl sites for hydroxylation is 3. The zero-order valence-corrected chi connectivity index (χ0v) is 18.6. The first-order valence-corrected chi connectivity index (χ1v) is 10.8. The zero-order chi connectivity index (χ0) is 22.0. The van der Waals surface area contributed by atoms with E-state index in [0.717, 1.165) is 33.7 Å². The van der Waals surface area contributed by atoms with Crippen LogP contribution in [-0.4, -0.2) is 31.4 Å². The smallest absolute Gasteiger partial charge is 0.368 e. The lowest BCUT2D eigenvalue weighted by Gasteiger charge is -2.14. The predicted octanol–water partition coefficient (Wildman–Crippen LogP) is 3.68. The van der Waals surface area contributed by atoms with E-state index in [9.17, 15) is 4.79 Å². The maximum Gasteiger partial charge on any atom is 0.368 e. The molecule has 0 saturated carbocycles. The number of rotatable bonds is 7. The van der Waals surface area contributed by atoms with Crippen LogP contribution in [0.4, 0.5) is 0 Å². The van der Waals surface area contributed by atoms with E-state index in [2.05, 4.69) is 15.4 Å². The molecule has 0 amide bonds. The molecule has 0 saturated heterocycles. The average molecular weight is 438 g/mol. The van der Waals surface area contributed by atoms with Crippen LogP contribution < -0.4 is 15.2 Å². The van der Waals surface area contributed by atoms with Gasteiger partial charge in [-0.05, 0) is 66.6 Å². The molecule has 2 heterocycles. The Balaban J connectivity index is 1.57. The topological polar surface area (TPSA) is 84.1 Å². The molecule has 8 nitrogen and oxygen atoms in total. The fraction of sp³-hybridized carbons (Fsp3) is 0.273. The van der Waals surface area contributed by atoms with Crippen LogP contribution >= 0.6 is 11.3 Å². The van der Waals surface area contributed by atoms with Crippen LogP contribution in [0.2, 0.25) is 0 Å². The van der Waals surface area contributed by atoms with Crippen LogP contribution in [0.5, 0.6) is 10.9 Å². The molecule has 0 aliphatic rings. The van der Waals surface area contributed by atoms with Gasteiger partial charge in [0.2, 0.25) is 0 Å². The van der Waals surface area contributed by atoms with E-state index in [0.29, 0.717) is 24.1 Å². The molecule has 0 aliphatic carbocycles. The Kier molecular flexibility index (Phi) is 5.85. The zero-order valence-electron chi connectivity index (χ0n) is 17.8. The molecule has 2 aromatic heterocycles. The van der Waals surface area contributed by atoms with Gasteiger partial charge >= 0.3 is 5.69 Å². The number of hydrogen-bond acceptors (Lipinski definition) is 7. The molecule has 160 valence electrons. The summed E-state index contributed by atoms with van der Waals surface area (Å²) >= 11 is 1.49. The molecular weight excluding hydrogens is 414 g/mol. The fourth-order valence-electron chi connectivity index (χ4n) is 3.24. The second-order valence-corrected chi connectivity index (χ2v) is 7.89. The third-order valence-corrected chi connectivity index (χ3v) is 5.68. The number of hydrogen-bond donors (Lipinski definition) is 0. The van der Waals surface area contributed by atoms with Gasteiger partial charge in [-0.1, -0.05) is 23.5 Å². The van der Waals surface area contributed by atoms with Gasteiger partial charge in [0.1, 0.15) is 12.4 Å². The summed E-state index contributed by atoms with van der Waals surface area (Å²) in [5.41, 5.74) is 5.14. The van der Waals surface area contributed by atoms with Gasteiger partial charge in [0.25, 0.3) is 5.19 Å². The maximum atomic E-state index is 12.3. The van der Waals surface area contributed by atoms with E-state index in [-0.39, 0.29) is 5.69 Å². The van der Waals surface area contributed by atoms with E-state index >= 15 is 0 Å². The van der Waals surface area contributed by atoms with Crippen molar-refractivity contribution in [2.24, 2.45) is 7.05 Å². The number of aromatic nitrogens is 5. The molecular formula is C22H23N5O3S. The van der Waals surface area contributed by atoms with Gasteiger partial charge < -0.3 is 9.47 Å². The third-order valence-electron chi connectivity index (χ3n) is 4.93. The normalized spacial score (nSPS) is 11.0. The molecule has 31 heavy (non-hydrogen) atoms. The molecule has 9 heteroatoms. The number of benzene rings is 2. The minimum absolute atomic E-state index is 0.302. The average Bonchev–Trinajstić information content (AvgIpc) is 3.35. The molecule has 0 atom stereocenters. The molecule has 0 unspecified atom stereocenters. The van der Waals surface area contributed by atoms with Gasteiger partial charge in [-0.2, -0.15) is 9.36 Å². The van der Waals surface area contributed by atoms with E-state index in [1.807, 2.05) is 62.5 Å². The molecule has 4 aromatic rings. The third kappa shape index (κ3) is 4.22. The summed E-state index contributed by atoms with van der Waals surface area (Å²) in [4.78, 5) is 16.8. The number of tetrazole rings is 1. The van der Waals surface area contributed by atoms with Gasteiger partial charge in [0.05, 0.1) is 18.0 Å². The van der Waals surface area contributed by atoms with Crippen molar-refractivity contribution in [3.63, 3.8) is 0 Å². The Morgan fingerprint density at radius 1 is 1.06 bits per heavy atom. The van der Waals surface area contributed by atoms with Crippen molar-refractivity contribution < 1.29 is 9.47 Å². The van der Waals surface area contributed by atoms with Crippen LogP contribution in [0.3, 0.4) is 0 Å². The Morgan fingerprint density at radius 2 is 1.90 bits per heavy atom. The lowest BCUT2D eigenvalue weighted by Crippen LogP contribution is -2.23. The Hall–Kier alpha value is -3.46. The van der Waals surface area contributed by atoms with Crippen LogP contribution in [0.1, 0.15) is 23.6 Å². The molecule has 2 aromatic carbocycles. The fourth-order valence-corrected chi connectivity index (χ4v) is 3.98. The summed E-state index contributed by atoms with van der Waals surface area (Å²) in [6, 6.07) is 11.7. The number of nitrogens with zero attached hydrogens (tertiary/aromatic N) is 5. The molecule has 0 fully saturated rings. The highest BCUT2D eigenvalue weighted by Crippen LogP contribution is 2.30. The quantitative estimate of drug-likeness (QED) is 0.439. The second-order valence-electron chi connectivity index (χ2n) is 7.07. The summed E-state index contributed by atoms with van der Waals surface area (Å²) in [7, 11) is 1.57. The second kappa shape index (κ2) is 8.73. The predicted molar refractivity (Wildman–Crippen MR) is 119 cm³/mol. The molecule has 4 rings (SSSR count). The summed E-state index contributed by atoms with van der Waals surface area (Å²) in [5.74, 6) is 0.768. The summed E-state index contributed by atoms with van der Waals surface area (Å²) in [5, 5.41) is 10.4.